The van der Waals surface area contributed by atoms with Crippen LogP contribution in [0.15, 0.2) is 73.2 Å². The maximum absolute atomic E-state index is 5.88. The van der Waals surface area contributed by atoms with Crippen LogP contribution in [0.1, 0.15) is 23.6 Å². The topological polar surface area (TPSA) is 77.8 Å². The molecule has 0 bridgehead atoms. The van der Waals surface area contributed by atoms with Crippen molar-refractivity contribution < 1.29 is 0 Å². The maximum atomic E-state index is 5.88. The van der Waals surface area contributed by atoms with E-state index in [1.807, 2.05) is 19.2 Å². The fourth-order valence-electron chi connectivity index (χ4n) is 3.89. The molecule has 2 heterocycles. The highest BCUT2D eigenvalue weighted by Crippen LogP contribution is 2.34. The van der Waals surface area contributed by atoms with Gasteiger partial charge in [-0.1, -0.05) is 48.5 Å². The van der Waals surface area contributed by atoms with Gasteiger partial charge < -0.3 is 11.5 Å². The van der Waals surface area contributed by atoms with E-state index in [-0.39, 0.29) is 0 Å². The van der Waals surface area contributed by atoms with Crippen molar-refractivity contribution in [1.82, 2.24) is 9.97 Å². The van der Waals surface area contributed by atoms with Crippen LogP contribution in [0.3, 0.4) is 0 Å². The lowest BCUT2D eigenvalue weighted by Crippen LogP contribution is -2.02. The lowest BCUT2D eigenvalue weighted by atomic mass is 9.93. The third-order valence-electron chi connectivity index (χ3n) is 5.57. The molecule has 0 aliphatic heterocycles. The van der Waals surface area contributed by atoms with Crippen molar-refractivity contribution in [2.45, 2.75) is 20.3 Å². The molecule has 0 saturated heterocycles. The van der Waals surface area contributed by atoms with E-state index >= 15 is 0 Å². The molecular formula is C26H26N4. The predicted octanol–water partition coefficient (Wildman–Crippen LogP) is 5.09. The Morgan fingerprint density at radius 2 is 1.57 bits per heavy atom. The molecule has 4 aromatic rings. The van der Waals surface area contributed by atoms with Gasteiger partial charge in [-0.2, -0.15) is 0 Å². The first-order valence-electron chi connectivity index (χ1n) is 10.2. The van der Waals surface area contributed by atoms with Crippen LogP contribution in [0.2, 0.25) is 0 Å². The quantitative estimate of drug-likeness (QED) is 0.494. The number of nitrogens with zero attached hydrogens (tertiary/aromatic N) is 2. The van der Waals surface area contributed by atoms with Crippen molar-refractivity contribution in [2.75, 3.05) is 6.54 Å². The minimum absolute atomic E-state index is 0.668. The normalized spacial score (nSPS) is 11.8. The van der Waals surface area contributed by atoms with Crippen LogP contribution in [0, 0.1) is 6.92 Å². The van der Waals surface area contributed by atoms with Crippen LogP contribution in [-0.4, -0.2) is 16.5 Å². The van der Waals surface area contributed by atoms with E-state index in [1.54, 1.807) is 12.4 Å². The van der Waals surface area contributed by atoms with Gasteiger partial charge in [0.1, 0.15) is 0 Å². The zero-order chi connectivity index (χ0) is 21.1. The molecule has 4 nitrogen and oxygen atoms in total. The van der Waals surface area contributed by atoms with Crippen molar-refractivity contribution in [2.24, 2.45) is 11.5 Å². The first-order chi connectivity index (χ1) is 14.6. The fraction of sp³-hybridized carbons (Fsp3) is 0.154. The lowest BCUT2D eigenvalue weighted by Gasteiger charge is -2.15. The zero-order valence-electron chi connectivity index (χ0n) is 17.4. The van der Waals surface area contributed by atoms with Gasteiger partial charge in [0.15, 0.2) is 0 Å². The number of fused-ring (bicyclic) bond motifs is 1. The van der Waals surface area contributed by atoms with Gasteiger partial charge in [0, 0.05) is 28.9 Å². The molecule has 0 aliphatic rings. The van der Waals surface area contributed by atoms with Crippen LogP contribution in [-0.2, 0) is 6.42 Å². The van der Waals surface area contributed by atoms with Crippen molar-refractivity contribution in [3.05, 3.63) is 89.9 Å². The number of aromatic nitrogens is 2. The molecule has 0 aliphatic carbocycles. The molecule has 4 rings (SSSR count). The van der Waals surface area contributed by atoms with Gasteiger partial charge in [0.05, 0.1) is 11.2 Å². The van der Waals surface area contributed by atoms with E-state index in [1.165, 1.54) is 16.7 Å². The van der Waals surface area contributed by atoms with Crippen LogP contribution >= 0.6 is 0 Å². The zero-order valence-corrected chi connectivity index (χ0v) is 17.4. The largest absolute Gasteiger partial charge is 0.404 e. The molecule has 150 valence electrons. The monoisotopic (exact) mass is 394 g/mol. The summed E-state index contributed by atoms with van der Waals surface area (Å²) in [5.41, 5.74) is 21.3. The number of benzene rings is 2. The highest BCUT2D eigenvalue weighted by Gasteiger charge is 2.15. The van der Waals surface area contributed by atoms with Crippen molar-refractivity contribution in [3.8, 4) is 22.4 Å². The number of pyridine rings is 2. The second-order valence-electron chi connectivity index (χ2n) is 7.52. The number of hydrogen-bond acceptors (Lipinski definition) is 4. The van der Waals surface area contributed by atoms with Gasteiger partial charge in [-0.15, -0.1) is 0 Å². The lowest BCUT2D eigenvalue weighted by molar-refractivity contribution is 0.969. The summed E-state index contributed by atoms with van der Waals surface area (Å²) in [7, 11) is 0. The molecule has 4 N–H and O–H groups in total. The van der Waals surface area contributed by atoms with E-state index in [2.05, 4.69) is 60.4 Å². The summed E-state index contributed by atoms with van der Waals surface area (Å²) >= 11 is 0. The SMILES string of the molecule is C/C(=C\N)c1c(-c2ccc(-c3ccc(CCN)cc3)cc2)nc2ccncc2c1C. The summed E-state index contributed by atoms with van der Waals surface area (Å²) in [5.74, 6) is 0. The number of hydrogen-bond donors (Lipinski definition) is 2. The molecule has 2 aromatic heterocycles. The number of aryl methyl sites for hydroxylation is 1. The Bertz CT molecular complexity index is 1210. The average Bonchev–Trinajstić information content (AvgIpc) is 2.79. The van der Waals surface area contributed by atoms with E-state index in [9.17, 15) is 0 Å². The van der Waals surface area contributed by atoms with Gasteiger partial charge in [-0.25, -0.2) is 4.98 Å². The van der Waals surface area contributed by atoms with E-state index in [4.69, 9.17) is 16.5 Å². The third kappa shape index (κ3) is 3.70. The minimum atomic E-state index is 0.668. The molecule has 4 heteroatoms. The number of allylic oxidation sites excluding steroid dienone is 1. The smallest absolute Gasteiger partial charge is 0.0787 e. The van der Waals surface area contributed by atoms with Gasteiger partial charge in [0.25, 0.3) is 0 Å². The second-order valence-corrected chi connectivity index (χ2v) is 7.52. The minimum Gasteiger partial charge on any atom is -0.404 e. The Balaban J connectivity index is 1.78. The first kappa shape index (κ1) is 19.8. The van der Waals surface area contributed by atoms with Gasteiger partial charge in [0.2, 0.25) is 0 Å². The summed E-state index contributed by atoms with van der Waals surface area (Å²) in [4.78, 5) is 9.23. The summed E-state index contributed by atoms with van der Waals surface area (Å²) in [6, 6.07) is 19.1. The molecule has 0 unspecified atom stereocenters. The van der Waals surface area contributed by atoms with Crippen molar-refractivity contribution in [3.63, 3.8) is 0 Å². The van der Waals surface area contributed by atoms with Crippen LogP contribution in [0.25, 0.3) is 38.9 Å². The summed E-state index contributed by atoms with van der Waals surface area (Å²) in [6.45, 7) is 4.79. The fourth-order valence-corrected chi connectivity index (χ4v) is 3.89. The number of nitrogens with two attached hydrogens (primary N) is 2. The molecule has 30 heavy (non-hydrogen) atoms. The van der Waals surface area contributed by atoms with E-state index in [0.29, 0.717) is 6.54 Å². The molecule has 0 spiro atoms. The molecule has 0 radical (unpaired) electrons. The Labute approximate surface area is 177 Å². The molecule has 0 fully saturated rings. The van der Waals surface area contributed by atoms with Crippen LogP contribution < -0.4 is 11.5 Å². The Hall–Kier alpha value is -3.50. The maximum Gasteiger partial charge on any atom is 0.0787 e. The number of rotatable bonds is 5. The molecular weight excluding hydrogens is 368 g/mol. The summed E-state index contributed by atoms with van der Waals surface area (Å²) in [6.07, 6.45) is 6.19. The average molecular weight is 395 g/mol. The first-order valence-corrected chi connectivity index (χ1v) is 10.2. The summed E-state index contributed by atoms with van der Waals surface area (Å²) < 4.78 is 0. The van der Waals surface area contributed by atoms with Crippen molar-refractivity contribution >= 4 is 16.5 Å². The Morgan fingerprint density at radius 1 is 0.933 bits per heavy atom. The third-order valence-corrected chi connectivity index (χ3v) is 5.57. The summed E-state index contributed by atoms with van der Waals surface area (Å²) in [5, 5.41) is 1.05. The van der Waals surface area contributed by atoms with Crippen LogP contribution in [0.5, 0.6) is 0 Å². The van der Waals surface area contributed by atoms with Crippen LogP contribution in [0.4, 0.5) is 0 Å². The van der Waals surface area contributed by atoms with Gasteiger partial charge in [-0.05, 0) is 66.9 Å². The predicted molar refractivity (Wildman–Crippen MR) is 126 cm³/mol. The Kier molecular flexibility index (Phi) is 5.59. The van der Waals surface area contributed by atoms with Gasteiger partial charge >= 0.3 is 0 Å². The highest BCUT2D eigenvalue weighted by atomic mass is 14.7. The molecule has 0 amide bonds. The highest BCUT2D eigenvalue weighted by molar-refractivity contribution is 5.92. The van der Waals surface area contributed by atoms with E-state index < -0.39 is 0 Å². The Morgan fingerprint density at radius 3 is 2.20 bits per heavy atom. The molecule has 0 atom stereocenters. The van der Waals surface area contributed by atoms with E-state index in [0.717, 1.165) is 45.3 Å². The second kappa shape index (κ2) is 8.47. The van der Waals surface area contributed by atoms with Gasteiger partial charge in [-0.3, -0.25) is 4.98 Å². The standard InChI is InChI=1S/C26H26N4/c1-17(15-28)25-18(2)23-16-29-14-12-24(23)30-26(25)22-9-7-21(8-10-22)20-5-3-19(4-6-20)11-13-27/h3-10,12,14-16H,11,13,27-28H2,1-2H3/b17-15+. The molecule has 0 saturated carbocycles. The van der Waals surface area contributed by atoms with Crippen molar-refractivity contribution in [1.29, 1.82) is 0 Å². The molecule has 2 aromatic carbocycles.